The zero-order valence-corrected chi connectivity index (χ0v) is 14.9. The van der Waals surface area contributed by atoms with Crippen molar-refractivity contribution >= 4 is 11.6 Å². The van der Waals surface area contributed by atoms with Gasteiger partial charge in [0.05, 0.1) is 11.4 Å². The smallest absolute Gasteiger partial charge is 0.387 e. The van der Waals surface area contributed by atoms with Crippen LogP contribution in [0.15, 0.2) is 48.5 Å². The number of alkyl halides is 4. The van der Waals surface area contributed by atoms with Crippen LogP contribution in [-0.4, -0.2) is 34.1 Å². The molecule has 0 aliphatic carbocycles. The van der Waals surface area contributed by atoms with Gasteiger partial charge < -0.3 is 14.8 Å². The zero-order chi connectivity index (χ0) is 21.0. The number of hydrogen-bond donors (Lipinski definition) is 1. The fourth-order valence-corrected chi connectivity index (χ4v) is 2.46. The maximum atomic E-state index is 12.4. The summed E-state index contributed by atoms with van der Waals surface area (Å²) < 4.78 is 58.7. The highest BCUT2D eigenvalue weighted by Crippen LogP contribution is 2.20. The lowest BCUT2D eigenvalue weighted by molar-refractivity contribution is -0.0505. The van der Waals surface area contributed by atoms with Gasteiger partial charge in [-0.2, -0.15) is 17.6 Å². The van der Waals surface area contributed by atoms with Gasteiger partial charge in [0.15, 0.2) is 5.69 Å². The molecule has 1 heterocycles. The number of carbonyl (C=O) groups is 1. The lowest BCUT2D eigenvalue weighted by atomic mass is 10.2. The van der Waals surface area contributed by atoms with E-state index in [0.29, 0.717) is 17.1 Å². The molecule has 0 aliphatic heterocycles. The van der Waals surface area contributed by atoms with Crippen LogP contribution in [-0.2, 0) is 0 Å². The van der Waals surface area contributed by atoms with Crippen LogP contribution in [0.5, 0.6) is 11.5 Å². The third-order valence-electron chi connectivity index (χ3n) is 3.75. The lowest BCUT2D eigenvalue weighted by Gasteiger charge is -2.08. The van der Waals surface area contributed by atoms with Crippen molar-refractivity contribution in [2.24, 2.45) is 0 Å². The van der Waals surface area contributed by atoms with Crippen molar-refractivity contribution in [2.45, 2.75) is 20.1 Å². The van der Waals surface area contributed by atoms with Crippen molar-refractivity contribution in [1.82, 2.24) is 15.0 Å². The van der Waals surface area contributed by atoms with Gasteiger partial charge >= 0.3 is 13.2 Å². The monoisotopic (exact) mass is 410 g/mol. The number of benzene rings is 2. The summed E-state index contributed by atoms with van der Waals surface area (Å²) in [5.41, 5.74) is 1.27. The van der Waals surface area contributed by atoms with Gasteiger partial charge in [0.1, 0.15) is 11.5 Å². The Morgan fingerprint density at radius 2 is 1.45 bits per heavy atom. The Morgan fingerprint density at radius 1 is 0.931 bits per heavy atom. The number of anilines is 1. The van der Waals surface area contributed by atoms with E-state index in [1.807, 2.05) is 0 Å². The predicted octanol–water partition coefficient (Wildman–Crippen LogP) is 4.03. The van der Waals surface area contributed by atoms with Crippen LogP contribution in [0, 0.1) is 6.92 Å². The Balaban J connectivity index is 1.72. The number of ether oxygens (including phenoxy) is 2. The molecule has 0 fully saturated rings. The van der Waals surface area contributed by atoms with E-state index in [4.69, 9.17) is 0 Å². The minimum absolute atomic E-state index is 0.0150. The van der Waals surface area contributed by atoms with E-state index in [1.54, 1.807) is 6.92 Å². The van der Waals surface area contributed by atoms with E-state index < -0.39 is 19.1 Å². The minimum atomic E-state index is -2.94. The van der Waals surface area contributed by atoms with Gasteiger partial charge in [0, 0.05) is 5.69 Å². The van der Waals surface area contributed by atoms with Gasteiger partial charge in [-0.05, 0) is 55.5 Å². The first-order valence-electron chi connectivity index (χ1n) is 8.17. The topological polar surface area (TPSA) is 78.3 Å². The predicted molar refractivity (Wildman–Crippen MR) is 93.8 cm³/mol. The molecule has 11 heteroatoms. The van der Waals surface area contributed by atoms with E-state index in [9.17, 15) is 22.4 Å². The standard InChI is InChI=1S/C18H14F4N4O3/c1-10-15(16(27)23-11-2-6-13(7-3-11)28-17(19)20)24-25-26(10)12-4-8-14(9-5-12)29-18(21)22/h2-9,17-18H,1H3,(H,23,27). The minimum Gasteiger partial charge on any atom is -0.435 e. The number of amides is 1. The molecule has 7 nitrogen and oxygen atoms in total. The molecule has 0 atom stereocenters. The summed E-state index contributed by atoms with van der Waals surface area (Å²) in [6, 6.07) is 11.0. The quantitative estimate of drug-likeness (QED) is 0.595. The Bertz CT molecular complexity index is 976. The van der Waals surface area contributed by atoms with Gasteiger partial charge in [-0.1, -0.05) is 5.21 Å². The summed E-state index contributed by atoms with van der Waals surface area (Å²) in [6.07, 6.45) is 0. The number of aromatic nitrogens is 3. The SMILES string of the molecule is Cc1c(C(=O)Nc2ccc(OC(F)F)cc2)nnn1-c1ccc(OC(F)F)cc1. The first-order chi connectivity index (χ1) is 13.8. The van der Waals surface area contributed by atoms with Crippen molar-refractivity contribution in [1.29, 1.82) is 0 Å². The van der Waals surface area contributed by atoms with Crippen LogP contribution < -0.4 is 14.8 Å². The molecule has 0 spiro atoms. The lowest BCUT2D eigenvalue weighted by Crippen LogP contribution is -2.14. The van der Waals surface area contributed by atoms with Gasteiger partial charge in [-0.25, -0.2) is 4.68 Å². The zero-order valence-electron chi connectivity index (χ0n) is 14.9. The summed E-state index contributed by atoms with van der Waals surface area (Å²) >= 11 is 0. The molecule has 0 saturated carbocycles. The number of halogens is 4. The summed E-state index contributed by atoms with van der Waals surface area (Å²) in [6.45, 7) is -4.26. The molecular formula is C18H14F4N4O3. The third kappa shape index (κ3) is 5.00. The van der Waals surface area contributed by atoms with E-state index in [1.165, 1.54) is 53.2 Å². The largest absolute Gasteiger partial charge is 0.435 e. The maximum Gasteiger partial charge on any atom is 0.387 e. The molecule has 0 bridgehead atoms. The van der Waals surface area contributed by atoms with E-state index in [2.05, 4.69) is 25.1 Å². The number of nitrogens with zero attached hydrogens (tertiary/aromatic N) is 3. The van der Waals surface area contributed by atoms with Crippen molar-refractivity contribution in [3.05, 3.63) is 59.9 Å². The molecular weight excluding hydrogens is 396 g/mol. The van der Waals surface area contributed by atoms with Crippen molar-refractivity contribution in [3.8, 4) is 17.2 Å². The molecule has 0 saturated heterocycles. The molecule has 2 aromatic carbocycles. The van der Waals surface area contributed by atoms with Crippen LogP contribution in [0.3, 0.4) is 0 Å². The molecule has 152 valence electrons. The van der Waals surface area contributed by atoms with E-state index >= 15 is 0 Å². The van der Waals surface area contributed by atoms with Crippen molar-refractivity contribution in [3.63, 3.8) is 0 Å². The van der Waals surface area contributed by atoms with E-state index in [0.717, 1.165) is 0 Å². The fraction of sp³-hybridized carbons (Fsp3) is 0.167. The van der Waals surface area contributed by atoms with Crippen molar-refractivity contribution < 1.29 is 31.8 Å². The third-order valence-corrected chi connectivity index (χ3v) is 3.75. The Hall–Kier alpha value is -3.63. The number of hydrogen-bond acceptors (Lipinski definition) is 5. The normalized spacial score (nSPS) is 11.0. The molecule has 3 aromatic rings. The Morgan fingerprint density at radius 3 is 1.97 bits per heavy atom. The summed E-state index contributed by atoms with van der Waals surface area (Å²) in [4.78, 5) is 12.4. The number of nitrogens with one attached hydrogen (secondary N) is 1. The second-order valence-corrected chi connectivity index (χ2v) is 5.66. The van der Waals surface area contributed by atoms with Crippen LogP contribution in [0.2, 0.25) is 0 Å². The molecule has 0 aliphatic rings. The number of carbonyl (C=O) groups excluding carboxylic acids is 1. The molecule has 0 radical (unpaired) electrons. The molecule has 1 amide bonds. The highest BCUT2D eigenvalue weighted by Gasteiger charge is 2.18. The van der Waals surface area contributed by atoms with Crippen molar-refractivity contribution in [2.75, 3.05) is 5.32 Å². The average Bonchev–Trinajstić information content (AvgIpc) is 3.04. The number of rotatable bonds is 7. The first-order valence-corrected chi connectivity index (χ1v) is 8.17. The molecule has 29 heavy (non-hydrogen) atoms. The van der Waals surface area contributed by atoms with Crippen LogP contribution in [0.1, 0.15) is 16.2 Å². The highest BCUT2D eigenvalue weighted by molar-refractivity contribution is 6.03. The maximum absolute atomic E-state index is 12.4. The molecule has 0 unspecified atom stereocenters. The summed E-state index contributed by atoms with van der Waals surface area (Å²) in [7, 11) is 0. The van der Waals surface area contributed by atoms with E-state index in [-0.39, 0.29) is 17.2 Å². The second-order valence-electron chi connectivity index (χ2n) is 5.66. The Kier molecular flexibility index (Phi) is 5.96. The van der Waals surface area contributed by atoms with Crippen LogP contribution in [0.4, 0.5) is 23.2 Å². The second kappa shape index (κ2) is 8.59. The Labute approximate surface area is 161 Å². The first kappa shape index (κ1) is 20.1. The molecule has 1 N–H and O–H groups in total. The van der Waals surface area contributed by atoms with Crippen LogP contribution in [0.25, 0.3) is 5.69 Å². The van der Waals surface area contributed by atoms with Gasteiger partial charge in [-0.3, -0.25) is 4.79 Å². The average molecular weight is 410 g/mol. The highest BCUT2D eigenvalue weighted by atomic mass is 19.3. The molecule has 1 aromatic heterocycles. The summed E-state index contributed by atoms with van der Waals surface area (Å²) in [5, 5.41) is 10.3. The fourth-order valence-electron chi connectivity index (χ4n) is 2.46. The molecule has 3 rings (SSSR count). The van der Waals surface area contributed by atoms with Crippen LogP contribution >= 0.6 is 0 Å². The summed E-state index contributed by atoms with van der Waals surface area (Å²) in [5.74, 6) is -0.618. The van der Waals surface area contributed by atoms with Gasteiger partial charge in [-0.15, -0.1) is 5.10 Å². The van der Waals surface area contributed by atoms with Gasteiger partial charge in [0.25, 0.3) is 5.91 Å². The van der Waals surface area contributed by atoms with Gasteiger partial charge in [0.2, 0.25) is 0 Å².